The molecule has 0 aliphatic carbocycles. The second-order valence-electron chi connectivity index (χ2n) is 6.98. The molecule has 1 unspecified atom stereocenters. The lowest BCUT2D eigenvalue weighted by atomic mass is 10.1. The van der Waals surface area contributed by atoms with E-state index in [2.05, 4.69) is 56.6 Å². The zero-order valence-electron chi connectivity index (χ0n) is 14.9. The van der Waals surface area contributed by atoms with Crippen LogP contribution in [0.1, 0.15) is 28.2 Å². The van der Waals surface area contributed by atoms with E-state index in [1.165, 1.54) is 22.2 Å². The third-order valence-electron chi connectivity index (χ3n) is 5.18. The minimum atomic E-state index is -0.150. The monoisotopic (exact) mass is 349 g/mol. The number of nitrogens with one attached hydrogen (secondary N) is 2. The number of aromatic nitrogens is 3. The molecule has 26 heavy (non-hydrogen) atoms. The van der Waals surface area contributed by atoms with Crippen LogP contribution in [0.3, 0.4) is 0 Å². The van der Waals surface area contributed by atoms with Crippen molar-refractivity contribution in [2.45, 2.75) is 19.9 Å². The van der Waals surface area contributed by atoms with Crippen LogP contribution in [-0.2, 0) is 6.54 Å². The van der Waals surface area contributed by atoms with Gasteiger partial charge in [0.25, 0.3) is 5.91 Å². The Morgan fingerprint density at radius 1 is 1.31 bits per heavy atom. The van der Waals surface area contributed by atoms with Crippen LogP contribution in [-0.4, -0.2) is 45.6 Å². The highest BCUT2D eigenvalue weighted by Gasteiger charge is 2.24. The van der Waals surface area contributed by atoms with E-state index in [9.17, 15) is 4.79 Å². The van der Waals surface area contributed by atoms with Gasteiger partial charge >= 0.3 is 0 Å². The van der Waals surface area contributed by atoms with Gasteiger partial charge in [-0.25, -0.2) is 0 Å². The smallest absolute Gasteiger partial charge is 0.271 e. The summed E-state index contributed by atoms with van der Waals surface area (Å²) >= 11 is 0. The van der Waals surface area contributed by atoms with Gasteiger partial charge in [0.05, 0.1) is 0 Å². The van der Waals surface area contributed by atoms with Crippen LogP contribution < -0.4 is 5.32 Å². The number of hydrogen-bond donors (Lipinski definition) is 2. The number of fused-ring (bicyclic) bond motifs is 1. The maximum absolute atomic E-state index is 12.1. The Morgan fingerprint density at radius 2 is 2.19 bits per heavy atom. The van der Waals surface area contributed by atoms with Gasteiger partial charge in [0.2, 0.25) is 0 Å². The molecule has 0 saturated carbocycles. The molecule has 0 radical (unpaired) electrons. The van der Waals surface area contributed by atoms with Crippen molar-refractivity contribution in [2.75, 3.05) is 19.6 Å². The summed E-state index contributed by atoms with van der Waals surface area (Å²) in [6, 6.07) is 11.8. The molecule has 1 fully saturated rings. The van der Waals surface area contributed by atoms with Crippen molar-refractivity contribution in [3.05, 3.63) is 59.5 Å². The quantitative estimate of drug-likeness (QED) is 0.742. The number of amides is 1. The van der Waals surface area contributed by atoms with Crippen molar-refractivity contribution in [3.63, 3.8) is 0 Å². The maximum Gasteiger partial charge on any atom is 0.271 e. The molecule has 6 nitrogen and oxygen atoms in total. The van der Waals surface area contributed by atoms with Gasteiger partial charge in [0.1, 0.15) is 0 Å². The molecule has 1 saturated heterocycles. The van der Waals surface area contributed by atoms with Crippen LogP contribution in [0, 0.1) is 12.8 Å². The van der Waals surface area contributed by atoms with Gasteiger partial charge in [-0.15, -0.1) is 5.10 Å². The Labute approximate surface area is 152 Å². The van der Waals surface area contributed by atoms with E-state index in [1.54, 1.807) is 18.3 Å². The Morgan fingerprint density at radius 3 is 3.00 bits per heavy atom. The Bertz CT molecular complexity index is 905. The number of para-hydroxylation sites is 1. The van der Waals surface area contributed by atoms with Gasteiger partial charge < -0.3 is 10.3 Å². The molecule has 1 aliphatic rings. The molecule has 134 valence electrons. The van der Waals surface area contributed by atoms with Crippen molar-refractivity contribution in [2.24, 2.45) is 5.92 Å². The van der Waals surface area contributed by atoms with E-state index in [1.807, 2.05) is 0 Å². The van der Waals surface area contributed by atoms with Gasteiger partial charge in [-0.1, -0.05) is 18.2 Å². The van der Waals surface area contributed by atoms with Crippen LogP contribution >= 0.6 is 0 Å². The summed E-state index contributed by atoms with van der Waals surface area (Å²) in [5, 5.41) is 11.9. The zero-order chi connectivity index (χ0) is 17.9. The normalized spacial score (nSPS) is 17.7. The van der Waals surface area contributed by atoms with E-state index in [0.717, 1.165) is 26.1 Å². The number of nitrogens with zero attached hydrogens (tertiary/aromatic N) is 3. The molecular formula is C20H23N5O. The average Bonchev–Trinajstić information content (AvgIpc) is 3.26. The van der Waals surface area contributed by atoms with E-state index in [0.29, 0.717) is 18.2 Å². The summed E-state index contributed by atoms with van der Waals surface area (Å²) in [6.07, 6.45) is 2.66. The standard InChI is InChI=1S/C20H23N5O/c1-14-16-5-2-3-6-17(16)23-19(14)13-25-10-8-15(12-25)11-21-20(26)18-7-4-9-22-24-18/h2-7,9,15,23H,8,10-13H2,1H3,(H,21,26). The minimum absolute atomic E-state index is 0.150. The lowest BCUT2D eigenvalue weighted by Gasteiger charge is -2.16. The second kappa shape index (κ2) is 7.25. The van der Waals surface area contributed by atoms with Crippen molar-refractivity contribution >= 4 is 16.8 Å². The summed E-state index contributed by atoms with van der Waals surface area (Å²) in [5.41, 5.74) is 4.19. The number of carbonyl (C=O) groups is 1. The molecule has 1 aliphatic heterocycles. The van der Waals surface area contributed by atoms with Crippen LogP contribution in [0.4, 0.5) is 0 Å². The number of H-pyrrole nitrogens is 1. The van der Waals surface area contributed by atoms with Gasteiger partial charge in [-0.05, 0) is 49.6 Å². The fraction of sp³-hybridized carbons (Fsp3) is 0.350. The Balaban J connectivity index is 1.32. The van der Waals surface area contributed by atoms with Crippen LogP contribution in [0.25, 0.3) is 10.9 Å². The molecule has 2 aromatic heterocycles. The molecule has 1 aromatic carbocycles. The largest absolute Gasteiger partial charge is 0.357 e. The maximum atomic E-state index is 12.1. The predicted octanol–water partition coefficient (Wildman–Crippen LogP) is 2.52. The van der Waals surface area contributed by atoms with Crippen molar-refractivity contribution < 1.29 is 4.79 Å². The van der Waals surface area contributed by atoms with Gasteiger partial charge in [0.15, 0.2) is 5.69 Å². The van der Waals surface area contributed by atoms with E-state index in [-0.39, 0.29) is 5.91 Å². The van der Waals surface area contributed by atoms with Gasteiger partial charge in [-0.2, -0.15) is 5.10 Å². The number of carbonyl (C=O) groups excluding carboxylic acids is 1. The minimum Gasteiger partial charge on any atom is -0.357 e. The highest BCUT2D eigenvalue weighted by Crippen LogP contribution is 2.24. The fourth-order valence-corrected chi connectivity index (χ4v) is 3.69. The molecule has 4 rings (SSSR count). The first-order valence-corrected chi connectivity index (χ1v) is 9.05. The summed E-state index contributed by atoms with van der Waals surface area (Å²) in [4.78, 5) is 18.1. The van der Waals surface area contributed by atoms with E-state index in [4.69, 9.17) is 0 Å². The zero-order valence-corrected chi connectivity index (χ0v) is 14.9. The number of rotatable bonds is 5. The third-order valence-corrected chi connectivity index (χ3v) is 5.18. The number of aryl methyl sites for hydroxylation is 1. The topological polar surface area (TPSA) is 73.9 Å². The molecule has 1 amide bonds. The SMILES string of the molecule is Cc1c(CN2CCC(CNC(=O)c3cccnn3)C2)[nH]c2ccccc12. The lowest BCUT2D eigenvalue weighted by Crippen LogP contribution is -2.31. The van der Waals surface area contributed by atoms with Crippen molar-refractivity contribution in [1.82, 2.24) is 25.4 Å². The van der Waals surface area contributed by atoms with E-state index >= 15 is 0 Å². The van der Waals surface area contributed by atoms with E-state index < -0.39 is 0 Å². The third kappa shape index (κ3) is 3.46. The summed E-state index contributed by atoms with van der Waals surface area (Å²) in [5.74, 6) is 0.323. The summed E-state index contributed by atoms with van der Waals surface area (Å²) in [7, 11) is 0. The summed E-state index contributed by atoms with van der Waals surface area (Å²) in [6.45, 7) is 5.84. The van der Waals surface area contributed by atoms with Crippen molar-refractivity contribution in [1.29, 1.82) is 0 Å². The predicted molar refractivity (Wildman–Crippen MR) is 101 cm³/mol. The first-order valence-electron chi connectivity index (χ1n) is 9.05. The Kier molecular flexibility index (Phi) is 4.67. The molecule has 2 N–H and O–H groups in total. The number of benzene rings is 1. The number of hydrogen-bond acceptors (Lipinski definition) is 4. The highest BCUT2D eigenvalue weighted by atomic mass is 16.1. The molecule has 6 heteroatoms. The average molecular weight is 349 g/mol. The molecule has 3 aromatic rings. The number of aromatic amines is 1. The highest BCUT2D eigenvalue weighted by molar-refractivity contribution is 5.91. The second-order valence-corrected chi connectivity index (χ2v) is 6.98. The molecule has 1 atom stereocenters. The summed E-state index contributed by atoms with van der Waals surface area (Å²) < 4.78 is 0. The van der Waals surface area contributed by atoms with Crippen LogP contribution in [0.2, 0.25) is 0 Å². The molecule has 3 heterocycles. The van der Waals surface area contributed by atoms with Crippen LogP contribution in [0.15, 0.2) is 42.6 Å². The van der Waals surface area contributed by atoms with Gasteiger partial charge in [0, 0.05) is 42.4 Å². The molecule has 0 spiro atoms. The first kappa shape index (κ1) is 16.7. The fourth-order valence-electron chi connectivity index (χ4n) is 3.69. The first-order chi connectivity index (χ1) is 12.7. The van der Waals surface area contributed by atoms with Gasteiger partial charge in [-0.3, -0.25) is 9.69 Å². The number of likely N-dealkylation sites (tertiary alicyclic amines) is 1. The van der Waals surface area contributed by atoms with Crippen molar-refractivity contribution in [3.8, 4) is 0 Å². The Hall–Kier alpha value is -2.73. The molecule has 0 bridgehead atoms. The lowest BCUT2D eigenvalue weighted by molar-refractivity contribution is 0.0941. The van der Waals surface area contributed by atoms with Crippen LogP contribution in [0.5, 0.6) is 0 Å². The molecular weight excluding hydrogens is 326 g/mol.